The molecule has 0 aliphatic heterocycles. The van der Waals surface area contributed by atoms with Crippen molar-refractivity contribution in [3.63, 3.8) is 0 Å². The van der Waals surface area contributed by atoms with E-state index in [1.165, 1.54) is 0 Å². The Kier molecular flexibility index (Phi) is 7.31. The maximum atomic E-state index is 13.4. The normalized spacial score (nSPS) is 22.2. The van der Waals surface area contributed by atoms with E-state index in [1.807, 2.05) is 70.2 Å². The van der Waals surface area contributed by atoms with Crippen LogP contribution in [0.25, 0.3) is 22.1 Å². The van der Waals surface area contributed by atoms with Crippen LogP contribution in [-0.2, 0) is 9.53 Å². The number of fused-ring (bicyclic) bond motifs is 2. The van der Waals surface area contributed by atoms with E-state index in [2.05, 4.69) is 34.6 Å². The van der Waals surface area contributed by atoms with Gasteiger partial charge < -0.3 is 18.6 Å². The zero-order valence-corrected chi connectivity index (χ0v) is 26.7. The summed E-state index contributed by atoms with van der Waals surface area (Å²) < 4.78 is 24.0. The first-order valence-corrected chi connectivity index (χ1v) is 15.2. The van der Waals surface area contributed by atoms with Crippen LogP contribution in [0.4, 0.5) is 0 Å². The van der Waals surface area contributed by atoms with Crippen LogP contribution < -0.4 is 15.1 Å². The Morgan fingerprint density at radius 2 is 1.62 bits per heavy atom. The molecule has 0 N–H and O–H groups in total. The van der Waals surface area contributed by atoms with Crippen LogP contribution in [-0.4, -0.2) is 23.8 Å². The van der Waals surface area contributed by atoms with Crippen molar-refractivity contribution in [2.75, 3.05) is 6.61 Å². The maximum absolute atomic E-state index is 13.4. The summed E-state index contributed by atoms with van der Waals surface area (Å²) >= 11 is 0. The number of hydrogen-bond acceptors (Lipinski definition) is 6. The van der Waals surface area contributed by atoms with Gasteiger partial charge in [-0.05, 0) is 93.2 Å². The lowest BCUT2D eigenvalue weighted by molar-refractivity contribution is -0.175. The minimum atomic E-state index is -0.715. The Hall–Kier alpha value is -3.28. The number of unbranched alkanes of at least 4 members (excludes halogenated alkanes) is 1. The Balaban J connectivity index is 1.26. The standard InChI is InChI=1S/C36H46O6/c1-10-11-18-39-25-15-12-23(13-16-25)27-19-24-14-17-26(20-28(24)40-29(27)37)41-33(4,5)22-34(6,7)42-31(38)36-21-32(2,3)30(36)35(36,8)9/h12-17,19-20,30H,10-11,18,21-22H2,1-9H3. The van der Waals surface area contributed by atoms with Gasteiger partial charge in [0.1, 0.15) is 28.3 Å². The first kappa shape index (κ1) is 30.2. The molecule has 1 heterocycles. The number of rotatable bonds is 11. The molecule has 2 atom stereocenters. The zero-order chi connectivity index (χ0) is 30.7. The molecule has 0 spiro atoms. The fourth-order valence-corrected chi connectivity index (χ4v) is 8.15. The SMILES string of the molecule is CCCCOc1ccc(-c2cc3ccc(OC(C)(C)CC(C)(C)OC(=O)C45CC(C)(C)C4C5(C)C)cc3oc2=O)cc1. The van der Waals surface area contributed by atoms with Crippen molar-refractivity contribution < 1.29 is 23.4 Å². The number of carbonyl (C=O) groups excluding carboxylic acids is 1. The van der Waals surface area contributed by atoms with E-state index in [0.717, 1.165) is 36.0 Å². The van der Waals surface area contributed by atoms with E-state index in [-0.39, 0.29) is 22.2 Å². The van der Waals surface area contributed by atoms with Gasteiger partial charge in [0.05, 0.1) is 17.6 Å². The smallest absolute Gasteiger partial charge is 0.344 e. The fraction of sp³-hybridized carbons (Fsp3) is 0.556. The van der Waals surface area contributed by atoms with Gasteiger partial charge in [-0.15, -0.1) is 0 Å². The average molecular weight is 575 g/mol. The molecule has 0 saturated heterocycles. The molecule has 0 amide bonds. The molecule has 6 heteroatoms. The molecule has 2 fully saturated rings. The summed E-state index contributed by atoms with van der Waals surface area (Å²) in [7, 11) is 0. The summed E-state index contributed by atoms with van der Waals surface area (Å²) in [6.45, 7) is 19.5. The van der Waals surface area contributed by atoms with E-state index >= 15 is 0 Å². The Bertz CT molecular complexity index is 1540. The number of ether oxygens (including phenoxy) is 3. The lowest BCUT2D eigenvalue weighted by atomic mass is 9.64. The molecule has 2 aliphatic rings. The van der Waals surface area contributed by atoms with Gasteiger partial charge in [-0.2, -0.15) is 0 Å². The summed E-state index contributed by atoms with van der Waals surface area (Å²) in [6, 6.07) is 14.9. The first-order valence-electron chi connectivity index (χ1n) is 15.2. The highest BCUT2D eigenvalue weighted by Crippen LogP contribution is 2.87. The second kappa shape index (κ2) is 10.2. The number of hydrogen-bond donors (Lipinski definition) is 0. The molecular formula is C36H46O6. The van der Waals surface area contributed by atoms with Crippen molar-refractivity contribution in [2.24, 2.45) is 22.2 Å². The molecule has 1 aromatic heterocycles. The van der Waals surface area contributed by atoms with Crippen molar-refractivity contribution in [2.45, 2.75) is 99.2 Å². The molecule has 3 aromatic rings. The third-order valence-corrected chi connectivity index (χ3v) is 9.42. The summed E-state index contributed by atoms with van der Waals surface area (Å²) in [5.41, 5.74) is -0.264. The summed E-state index contributed by atoms with van der Waals surface area (Å²) in [4.78, 5) is 26.3. The lowest BCUT2D eigenvalue weighted by Gasteiger charge is -2.42. The summed E-state index contributed by atoms with van der Waals surface area (Å²) in [6.07, 6.45) is 3.44. The molecule has 0 bridgehead atoms. The van der Waals surface area contributed by atoms with Gasteiger partial charge in [-0.3, -0.25) is 4.79 Å². The predicted octanol–water partition coefficient (Wildman–Crippen LogP) is 8.58. The van der Waals surface area contributed by atoms with Crippen LogP contribution in [0.3, 0.4) is 0 Å². The summed E-state index contributed by atoms with van der Waals surface area (Å²) in [5.74, 6) is 1.65. The van der Waals surface area contributed by atoms with Crippen molar-refractivity contribution in [3.05, 3.63) is 59.0 Å². The molecular weight excluding hydrogens is 528 g/mol. The second-order valence-corrected chi connectivity index (χ2v) is 14.9. The van der Waals surface area contributed by atoms with E-state index in [4.69, 9.17) is 18.6 Å². The highest BCUT2D eigenvalue weighted by molar-refractivity contribution is 5.86. The highest BCUT2D eigenvalue weighted by atomic mass is 16.6. The fourth-order valence-electron chi connectivity index (χ4n) is 8.15. The molecule has 226 valence electrons. The van der Waals surface area contributed by atoms with Gasteiger partial charge in [0.2, 0.25) is 0 Å². The molecule has 2 aromatic carbocycles. The minimum absolute atomic E-state index is 0.0311. The van der Waals surface area contributed by atoms with Crippen LogP contribution >= 0.6 is 0 Å². The molecule has 2 aliphatic carbocycles. The molecule has 0 radical (unpaired) electrons. The molecule has 2 unspecified atom stereocenters. The average Bonchev–Trinajstić information content (AvgIpc) is 3.32. The molecule has 5 rings (SSSR count). The number of esters is 1. The minimum Gasteiger partial charge on any atom is -0.494 e. The Morgan fingerprint density at radius 3 is 2.21 bits per heavy atom. The lowest BCUT2D eigenvalue weighted by Crippen LogP contribution is -2.46. The first-order chi connectivity index (χ1) is 19.5. The van der Waals surface area contributed by atoms with Gasteiger partial charge >= 0.3 is 11.6 Å². The van der Waals surface area contributed by atoms with E-state index in [9.17, 15) is 9.59 Å². The van der Waals surface area contributed by atoms with Crippen LogP contribution in [0, 0.1) is 22.2 Å². The summed E-state index contributed by atoms with van der Waals surface area (Å²) in [5, 5.41) is 0.802. The molecule has 2 saturated carbocycles. The maximum Gasteiger partial charge on any atom is 0.344 e. The van der Waals surface area contributed by atoms with Crippen LogP contribution in [0.1, 0.15) is 88.0 Å². The van der Waals surface area contributed by atoms with Crippen molar-refractivity contribution >= 4 is 16.9 Å². The highest BCUT2D eigenvalue weighted by Gasteiger charge is 2.87. The second-order valence-electron chi connectivity index (χ2n) is 14.9. The third-order valence-electron chi connectivity index (χ3n) is 9.42. The topological polar surface area (TPSA) is 75.0 Å². The zero-order valence-electron chi connectivity index (χ0n) is 26.7. The van der Waals surface area contributed by atoms with Gasteiger partial charge in [-0.1, -0.05) is 53.2 Å². The largest absolute Gasteiger partial charge is 0.494 e. The van der Waals surface area contributed by atoms with Crippen LogP contribution in [0.5, 0.6) is 11.5 Å². The Labute approximate surface area is 249 Å². The third kappa shape index (κ3) is 5.33. The number of carbonyl (C=O) groups is 1. The molecule has 42 heavy (non-hydrogen) atoms. The van der Waals surface area contributed by atoms with Gasteiger partial charge in [0, 0.05) is 17.9 Å². The van der Waals surface area contributed by atoms with Crippen LogP contribution in [0.15, 0.2) is 57.7 Å². The van der Waals surface area contributed by atoms with Gasteiger partial charge in [0.25, 0.3) is 0 Å². The van der Waals surface area contributed by atoms with Gasteiger partial charge in [-0.25, -0.2) is 4.79 Å². The monoisotopic (exact) mass is 574 g/mol. The quantitative estimate of drug-likeness (QED) is 0.130. The molecule has 6 nitrogen and oxygen atoms in total. The van der Waals surface area contributed by atoms with Gasteiger partial charge in [0.15, 0.2) is 0 Å². The Morgan fingerprint density at radius 1 is 0.952 bits per heavy atom. The van der Waals surface area contributed by atoms with E-state index < -0.39 is 16.8 Å². The van der Waals surface area contributed by atoms with Crippen molar-refractivity contribution in [1.29, 1.82) is 0 Å². The predicted molar refractivity (Wildman–Crippen MR) is 166 cm³/mol. The van der Waals surface area contributed by atoms with Crippen molar-refractivity contribution in [1.82, 2.24) is 0 Å². The van der Waals surface area contributed by atoms with E-state index in [0.29, 0.717) is 35.8 Å². The van der Waals surface area contributed by atoms with E-state index in [1.54, 1.807) is 6.07 Å². The number of benzene rings is 2. The van der Waals surface area contributed by atoms with Crippen molar-refractivity contribution in [3.8, 4) is 22.6 Å². The van der Waals surface area contributed by atoms with Crippen LogP contribution in [0.2, 0.25) is 0 Å².